The van der Waals surface area contributed by atoms with Gasteiger partial charge >= 0.3 is 0 Å². The molecule has 0 saturated carbocycles. The first-order chi connectivity index (χ1) is 10.2. The van der Waals surface area contributed by atoms with Gasteiger partial charge in [-0.2, -0.15) is 0 Å². The van der Waals surface area contributed by atoms with E-state index in [0.29, 0.717) is 5.56 Å². The van der Waals surface area contributed by atoms with Crippen LogP contribution < -0.4 is 11.3 Å². The highest BCUT2D eigenvalue weighted by molar-refractivity contribution is 5.78. The summed E-state index contributed by atoms with van der Waals surface area (Å²) in [5.74, 6) is 5.46. The van der Waals surface area contributed by atoms with Crippen molar-refractivity contribution in [2.24, 2.45) is 5.84 Å². The summed E-state index contributed by atoms with van der Waals surface area (Å²) in [6.07, 6.45) is 0. The molecule has 0 aliphatic rings. The van der Waals surface area contributed by atoms with Crippen LogP contribution in [0.25, 0.3) is 10.9 Å². The van der Waals surface area contributed by atoms with Gasteiger partial charge in [0.2, 0.25) is 0 Å². The van der Waals surface area contributed by atoms with Gasteiger partial charge in [0.05, 0.1) is 17.3 Å². The maximum absolute atomic E-state index is 13.4. The fourth-order valence-corrected chi connectivity index (χ4v) is 2.44. The lowest BCUT2D eigenvalue weighted by Gasteiger charge is -2.17. The third kappa shape index (κ3) is 2.63. The highest BCUT2D eigenvalue weighted by Gasteiger charge is 2.15. The molecule has 3 aromatic rings. The molecule has 0 saturated heterocycles. The number of aromatic nitrogens is 1. The number of hydrogen-bond acceptors (Lipinski definition) is 3. The largest absolute Gasteiger partial charge is 0.271 e. The molecular formula is C17H16FN3. The average molecular weight is 281 g/mol. The summed E-state index contributed by atoms with van der Waals surface area (Å²) in [6, 6.07) is 16.5. The first-order valence-corrected chi connectivity index (χ1v) is 6.77. The molecule has 21 heavy (non-hydrogen) atoms. The topological polar surface area (TPSA) is 50.9 Å². The lowest BCUT2D eigenvalue weighted by atomic mass is 10.0. The van der Waals surface area contributed by atoms with Crippen molar-refractivity contribution in [2.75, 3.05) is 0 Å². The minimum atomic E-state index is -0.270. The fourth-order valence-electron chi connectivity index (χ4n) is 2.44. The van der Waals surface area contributed by atoms with E-state index < -0.39 is 0 Å². The highest BCUT2D eigenvalue weighted by atomic mass is 19.1. The van der Waals surface area contributed by atoms with Crippen LogP contribution in [0.1, 0.15) is 22.9 Å². The van der Waals surface area contributed by atoms with Gasteiger partial charge in [-0.15, -0.1) is 0 Å². The van der Waals surface area contributed by atoms with Crippen LogP contribution in [0, 0.1) is 12.7 Å². The predicted molar refractivity (Wildman–Crippen MR) is 82.0 cm³/mol. The summed E-state index contributed by atoms with van der Waals surface area (Å²) < 4.78 is 13.4. The lowest BCUT2D eigenvalue weighted by Crippen LogP contribution is -2.29. The van der Waals surface area contributed by atoms with Crippen molar-refractivity contribution in [2.45, 2.75) is 13.0 Å². The van der Waals surface area contributed by atoms with Crippen LogP contribution in [0.2, 0.25) is 0 Å². The van der Waals surface area contributed by atoms with Gasteiger partial charge in [-0.1, -0.05) is 36.4 Å². The Kier molecular flexibility index (Phi) is 3.64. The number of rotatable bonds is 3. The van der Waals surface area contributed by atoms with Gasteiger partial charge in [0.15, 0.2) is 0 Å². The summed E-state index contributed by atoms with van der Waals surface area (Å²) >= 11 is 0. The van der Waals surface area contributed by atoms with Crippen molar-refractivity contribution >= 4 is 10.9 Å². The molecule has 3 N–H and O–H groups in total. The normalized spacial score (nSPS) is 12.5. The lowest BCUT2D eigenvalue weighted by molar-refractivity contribution is 0.603. The van der Waals surface area contributed by atoms with Gasteiger partial charge in [0.25, 0.3) is 0 Å². The summed E-state index contributed by atoms with van der Waals surface area (Å²) in [7, 11) is 0. The summed E-state index contributed by atoms with van der Waals surface area (Å²) in [4.78, 5) is 4.64. The van der Waals surface area contributed by atoms with Crippen molar-refractivity contribution in [3.05, 3.63) is 77.2 Å². The number of benzene rings is 2. The minimum Gasteiger partial charge on any atom is -0.271 e. The van der Waals surface area contributed by atoms with E-state index in [4.69, 9.17) is 5.84 Å². The van der Waals surface area contributed by atoms with E-state index in [1.165, 1.54) is 6.07 Å². The van der Waals surface area contributed by atoms with Crippen LogP contribution in [0.4, 0.5) is 4.39 Å². The van der Waals surface area contributed by atoms with Crippen molar-refractivity contribution in [3.8, 4) is 0 Å². The maximum Gasteiger partial charge on any atom is 0.126 e. The van der Waals surface area contributed by atoms with Crippen LogP contribution in [0.15, 0.2) is 54.6 Å². The number of aryl methyl sites for hydroxylation is 1. The van der Waals surface area contributed by atoms with Crippen LogP contribution in [-0.4, -0.2) is 4.98 Å². The number of nitrogens with one attached hydrogen (secondary N) is 1. The molecule has 0 fully saturated rings. The number of para-hydroxylation sites is 1. The predicted octanol–water partition coefficient (Wildman–Crippen LogP) is 3.24. The second-order valence-electron chi connectivity index (χ2n) is 5.04. The molecule has 1 heterocycles. The van der Waals surface area contributed by atoms with Gasteiger partial charge in [-0.05, 0) is 36.2 Å². The maximum atomic E-state index is 13.4. The Hall–Kier alpha value is -2.30. The molecule has 0 aliphatic heterocycles. The van der Waals surface area contributed by atoms with E-state index in [9.17, 15) is 4.39 Å². The molecule has 0 aliphatic carbocycles. The SMILES string of the molecule is Cc1cc(C(NN)c2ccc3ccccc3n2)ccc1F. The van der Waals surface area contributed by atoms with E-state index in [0.717, 1.165) is 22.2 Å². The van der Waals surface area contributed by atoms with E-state index in [-0.39, 0.29) is 11.9 Å². The molecule has 4 heteroatoms. The zero-order valence-corrected chi connectivity index (χ0v) is 11.7. The van der Waals surface area contributed by atoms with Crippen molar-refractivity contribution in [3.63, 3.8) is 0 Å². The molecule has 1 aromatic heterocycles. The Labute approximate surface area is 122 Å². The molecule has 2 aromatic carbocycles. The van der Waals surface area contributed by atoms with E-state index in [1.54, 1.807) is 19.1 Å². The molecule has 0 spiro atoms. The van der Waals surface area contributed by atoms with Crippen LogP contribution in [0.5, 0.6) is 0 Å². The van der Waals surface area contributed by atoms with E-state index in [1.807, 2.05) is 36.4 Å². The van der Waals surface area contributed by atoms with Gasteiger partial charge < -0.3 is 0 Å². The van der Waals surface area contributed by atoms with Crippen molar-refractivity contribution in [1.29, 1.82) is 0 Å². The summed E-state index contributed by atoms with van der Waals surface area (Å²) in [6.45, 7) is 1.74. The molecule has 0 amide bonds. The zero-order chi connectivity index (χ0) is 14.8. The quantitative estimate of drug-likeness (QED) is 0.572. The standard InChI is InChI=1S/C17H16FN3/c1-11-10-13(6-8-14(11)18)17(21-19)16-9-7-12-4-2-3-5-15(12)20-16/h2-10,17,21H,19H2,1H3. The molecule has 1 unspecified atom stereocenters. The smallest absolute Gasteiger partial charge is 0.126 e. The third-order valence-electron chi connectivity index (χ3n) is 3.60. The minimum absolute atomic E-state index is 0.221. The van der Waals surface area contributed by atoms with Crippen molar-refractivity contribution in [1.82, 2.24) is 10.4 Å². The highest BCUT2D eigenvalue weighted by Crippen LogP contribution is 2.23. The number of fused-ring (bicyclic) bond motifs is 1. The number of halogens is 1. The van der Waals surface area contributed by atoms with Gasteiger partial charge in [0.1, 0.15) is 5.82 Å². The van der Waals surface area contributed by atoms with Gasteiger partial charge in [0, 0.05) is 5.39 Å². The second kappa shape index (κ2) is 5.60. The first-order valence-electron chi connectivity index (χ1n) is 6.77. The average Bonchev–Trinajstić information content (AvgIpc) is 2.51. The number of nitrogens with two attached hydrogens (primary N) is 1. The van der Waals surface area contributed by atoms with Crippen LogP contribution in [-0.2, 0) is 0 Å². The molecule has 3 rings (SSSR count). The zero-order valence-electron chi connectivity index (χ0n) is 11.7. The Bertz CT molecular complexity index is 786. The fraction of sp³-hybridized carbons (Fsp3) is 0.118. The van der Waals surface area contributed by atoms with Crippen molar-refractivity contribution < 1.29 is 4.39 Å². The number of pyridine rings is 1. The molecule has 1 atom stereocenters. The Balaban J connectivity index is 2.06. The Morgan fingerprint density at radius 3 is 2.67 bits per heavy atom. The van der Waals surface area contributed by atoms with Gasteiger partial charge in [-0.25, -0.2) is 9.82 Å². The van der Waals surface area contributed by atoms with E-state index in [2.05, 4.69) is 10.4 Å². The molecule has 0 bridgehead atoms. The number of hydrazine groups is 1. The molecule has 0 radical (unpaired) electrons. The Morgan fingerprint density at radius 1 is 1.10 bits per heavy atom. The Morgan fingerprint density at radius 2 is 1.90 bits per heavy atom. The van der Waals surface area contributed by atoms with Crippen LogP contribution >= 0.6 is 0 Å². The number of nitrogens with zero attached hydrogens (tertiary/aromatic N) is 1. The third-order valence-corrected chi connectivity index (χ3v) is 3.60. The second-order valence-corrected chi connectivity index (χ2v) is 5.04. The van der Waals surface area contributed by atoms with Gasteiger partial charge in [-0.3, -0.25) is 10.8 Å². The van der Waals surface area contributed by atoms with E-state index >= 15 is 0 Å². The molecule has 106 valence electrons. The number of hydrogen-bond donors (Lipinski definition) is 2. The first kappa shape index (κ1) is 13.7. The molecular weight excluding hydrogens is 265 g/mol. The molecule has 3 nitrogen and oxygen atoms in total. The monoisotopic (exact) mass is 281 g/mol. The summed E-state index contributed by atoms with van der Waals surface area (Å²) in [5.41, 5.74) is 5.96. The van der Waals surface area contributed by atoms with Crippen LogP contribution in [0.3, 0.4) is 0 Å². The summed E-state index contributed by atoms with van der Waals surface area (Å²) in [5, 5.41) is 1.08.